The van der Waals surface area contributed by atoms with Crippen molar-refractivity contribution >= 4 is 0 Å². The summed E-state index contributed by atoms with van der Waals surface area (Å²) in [5.74, 6) is 3.00. The van der Waals surface area contributed by atoms with Crippen molar-refractivity contribution in [1.82, 2.24) is 4.90 Å². The van der Waals surface area contributed by atoms with Gasteiger partial charge in [-0.15, -0.1) is 0 Å². The molecular weight excluding hydrogens is 158 g/mol. The van der Waals surface area contributed by atoms with Crippen molar-refractivity contribution in [2.45, 2.75) is 52.6 Å². The third-order valence-electron chi connectivity index (χ3n) is 3.90. The maximum absolute atomic E-state index is 2.73. The Morgan fingerprint density at radius 2 is 1.85 bits per heavy atom. The predicted octanol–water partition coefficient (Wildman–Crippen LogP) is 2.76. The van der Waals surface area contributed by atoms with Gasteiger partial charge in [0, 0.05) is 12.1 Å². The molecule has 0 spiro atoms. The number of hydrogen-bond donors (Lipinski definition) is 0. The van der Waals surface area contributed by atoms with E-state index < -0.39 is 0 Å². The summed E-state index contributed by atoms with van der Waals surface area (Å²) < 4.78 is 0. The molecule has 1 saturated heterocycles. The van der Waals surface area contributed by atoms with E-state index in [0.29, 0.717) is 0 Å². The minimum Gasteiger partial charge on any atom is -0.297 e. The summed E-state index contributed by atoms with van der Waals surface area (Å²) in [6.45, 7) is 10.8. The van der Waals surface area contributed by atoms with Gasteiger partial charge in [-0.25, -0.2) is 0 Å². The third-order valence-corrected chi connectivity index (χ3v) is 3.90. The van der Waals surface area contributed by atoms with Crippen molar-refractivity contribution in [2.75, 3.05) is 6.54 Å². The zero-order valence-corrected chi connectivity index (χ0v) is 9.46. The number of piperidine rings is 1. The summed E-state index contributed by atoms with van der Waals surface area (Å²) >= 11 is 0. The Morgan fingerprint density at radius 3 is 2.38 bits per heavy atom. The van der Waals surface area contributed by atoms with E-state index in [9.17, 15) is 0 Å². The van der Waals surface area contributed by atoms with Crippen LogP contribution in [0.1, 0.15) is 40.5 Å². The van der Waals surface area contributed by atoms with Crippen LogP contribution in [0.2, 0.25) is 0 Å². The van der Waals surface area contributed by atoms with E-state index in [-0.39, 0.29) is 0 Å². The summed E-state index contributed by atoms with van der Waals surface area (Å²) in [4.78, 5) is 2.73. The van der Waals surface area contributed by atoms with Crippen molar-refractivity contribution in [2.24, 2.45) is 17.8 Å². The smallest absolute Gasteiger partial charge is 0.0152 e. The lowest BCUT2D eigenvalue weighted by molar-refractivity contribution is 0.0711. The van der Waals surface area contributed by atoms with Crippen LogP contribution < -0.4 is 0 Å². The van der Waals surface area contributed by atoms with Gasteiger partial charge in [0.1, 0.15) is 0 Å². The number of fused-ring (bicyclic) bond motifs is 1. The van der Waals surface area contributed by atoms with E-state index in [0.717, 1.165) is 29.8 Å². The number of nitrogens with zero attached hydrogens (tertiary/aromatic N) is 1. The molecule has 76 valence electrons. The van der Waals surface area contributed by atoms with Crippen molar-refractivity contribution in [1.29, 1.82) is 0 Å². The fourth-order valence-corrected chi connectivity index (χ4v) is 3.21. The summed E-state index contributed by atoms with van der Waals surface area (Å²) in [5.41, 5.74) is 0. The highest BCUT2D eigenvalue weighted by Gasteiger charge is 2.49. The van der Waals surface area contributed by atoms with Gasteiger partial charge in [-0.1, -0.05) is 13.8 Å². The molecule has 1 nitrogen and oxygen atoms in total. The second kappa shape index (κ2) is 3.27. The number of likely N-dealkylation sites (tertiary alicyclic amines) is 1. The van der Waals surface area contributed by atoms with E-state index in [4.69, 9.17) is 0 Å². The predicted molar refractivity (Wildman–Crippen MR) is 56.7 cm³/mol. The normalized spacial score (nSPS) is 39.7. The molecule has 2 fully saturated rings. The molecule has 1 aliphatic heterocycles. The summed E-state index contributed by atoms with van der Waals surface area (Å²) in [6.07, 6.45) is 2.98. The van der Waals surface area contributed by atoms with Crippen molar-refractivity contribution < 1.29 is 0 Å². The van der Waals surface area contributed by atoms with Crippen LogP contribution in [0.5, 0.6) is 0 Å². The van der Waals surface area contributed by atoms with Gasteiger partial charge in [0.15, 0.2) is 0 Å². The summed E-state index contributed by atoms with van der Waals surface area (Å²) in [5, 5.41) is 0. The van der Waals surface area contributed by atoms with Crippen molar-refractivity contribution in [3.8, 4) is 0 Å². The molecule has 0 aromatic rings. The zero-order valence-electron chi connectivity index (χ0n) is 9.46. The van der Waals surface area contributed by atoms with Crippen LogP contribution in [0.15, 0.2) is 0 Å². The Kier molecular flexibility index (Phi) is 2.39. The maximum Gasteiger partial charge on any atom is 0.0152 e. The molecule has 0 aromatic carbocycles. The van der Waals surface area contributed by atoms with Crippen LogP contribution in [0, 0.1) is 17.8 Å². The molecule has 0 amide bonds. The lowest BCUT2D eigenvalue weighted by atomic mass is 9.91. The van der Waals surface area contributed by atoms with Gasteiger partial charge in [-0.2, -0.15) is 0 Å². The topological polar surface area (TPSA) is 3.24 Å². The average Bonchev–Trinajstić information content (AvgIpc) is 2.79. The molecule has 2 aliphatic rings. The van der Waals surface area contributed by atoms with Crippen LogP contribution in [-0.2, 0) is 0 Å². The second-order valence-corrected chi connectivity index (χ2v) is 5.51. The van der Waals surface area contributed by atoms with E-state index in [1.807, 2.05) is 0 Å². The molecule has 13 heavy (non-hydrogen) atoms. The van der Waals surface area contributed by atoms with E-state index in [1.165, 1.54) is 19.4 Å². The lowest BCUT2D eigenvalue weighted by Crippen LogP contribution is -2.48. The average molecular weight is 181 g/mol. The molecule has 2 unspecified atom stereocenters. The largest absolute Gasteiger partial charge is 0.297 e. The quantitative estimate of drug-likeness (QED) is 0.633. The monoisotopic (exact) mass is 181 g/mol. The third kappa shape index (κ3) is 1.63. The first-order valence-corrected chi connectivity index (χ1v) is 5.87. The van der Waals surface area contributed by atoms with Crippen LogP contribution in [0.3, 0.4) is 0 Å². The van der Waals surface area contributed by atoms with Crippen molar-refractivity contribution in [3.05, 3.63) is 0 Å². The molecule has 0 bridgehead atoms. The Labute approximate surface area is 82.5 Å². The Bertz CT molecular complexity index is 186. The van der Waals surface area contributed by atoms with Crippen LogP contribution >= 0.6 is 0 Å². The molecular formula is C12H23N. The fourth-order valence-electron chi connectivity index (χ4n) is 3.21. The Morgan fingerprint density at radius 1 is 1.15 bits per heavy atom. The highest BCUT2D eigenvalue weighted by molar-refractivity contribution is 5.01. The molecule has 0 aromatic heterocycles. The zero-order chi connectivity index (χ0) is 9.59. The highest BCUT2D eigenvalue weighted by Crippen LogP contribution is 2.51. The van der Waals surface area contributed by atoms with Crippen LogP contribution in [-0.4, -0.2) is 23.5 Å². The van der Waals surface area contributed by atoms with Gasteiger partial charge in [-0.05, 0) is 51.0 Å². The van der Waals surface area contributed by atoms with Crippen molar-refractivity contribution in [3.63, 3.8) is 0 Å². The summed E-state index contributed by atoms with van der Waals surface area (Å²) in [7, 11) is 0. The minimum atomic E-state index is 0.744. The van der Waals surface area contributed by atoms with Gasteiger partial charge in [0.2, 0.25) is 0 Å². The fraction of sp³-hybridized carbons (Fsp3) is 1.00. The lowest BCUT2D eigenvalue weighted by Gasteiger charge is -2.40. The first-order chi connectivity index (χ1) is 6.11. The van der Waals surface area contributed by atoms with Gasteiger partial charge in [-0.3, -0.25) is 4.90 Å². The number of hydrogen-bond acceptors (Lipinski definition) is 1. The molecule has 0 radical (unpaired) electrons. The molecule has 1 aliphatic carbocycles. The summed E-state index contributed by atoms with van der Waals surface area (Å²) in [6, 6.07) is 1.63. The first-order valence-electron chi connectivity index (χ1n) is 5.87. The van der Waals surface area contributed by atoms with Gasteiger partial charge < -0.3 is 0 Å². The number of rotatable bonds is 2. The van der Waals surface area contributed by atoms with E-state index >= 15 is 0 Å². The highest BCUT2D eigenvalue weighted by atomic mass is 15.2. The molecule has 1 heteroatoms. The minimum absolute atomic E-state index is 0.744. The molecule has 1 heterocycles. The standard InChI is InChI=1S/C12H23N/c1-8(2)12-11-7-10(11)5-6-13(12)9(3)4/h8-12H,5-7H2,1-4H3/t10?,11?,12-/m1/s1. The van der Waals surface area contributed by atoms with Gasteiger partial charge in [0.25, 0.3) is 0 Å². The van der Waals surface area contributed by atoms with Gasteiger partial charge in [0.05, 0.1) is 0 Å². The van der Waals surface area contributed by atoms with E-state index in [1.54, 1.807) is 0 Å². The molecule has 3 atom stereocenters. The Balaban J connectivity index is 2.07. The SMILES string of the molecule is CC(C)[C@@H]1C2CC2CCN1C(C)C. The molecule has 0 N–H and O–H groups in total. The second-order valence-electron chi connectivity index (χ2n) is 5.51. The van der Waals surface area contributed by atoms with E-state index in [2.05, 4.69) is 32.6 Å². The first kappa shape index (κ1) is 9.51. The van der Waals surface area contributed by atoms with Crippen LogP contribution in [0.4, 0.5) is 0 Å². The van der Waals surface area contributed by atoms with Gasteiger partial charge >= 0.3 is 0 Å². The van der Waals surface area contributed by atoms with Crippen LogP contribution in [0.25, 0.3) is 0 Å². The maximum atomic E-state index is 2.73. The molecule has 1 saturated carbocycles. The molecule has 2 rings (SSSR count). The Hall–Kier alpha value is -0.0400.